The minimum Gasteiger partial charge on any atom is -0.417 e. The number of anilines is 1. The predicted molar refractivity (Wildman–Crippen MR) is 117 cm³/mol. The number of nitrogens with one attached hydrogen (secondary N) is 1. The topological polar surface area (TPSA) is 63.1 Å². The van der Waals surface area contributed by atoms with Crippen LogP contribution in [0.15, 0.2) is 29.1 Å². The highest BCUT2D eigenvalue weighted by atomic mass is 28.4. The van der Waals surface area contributed by atoms with Crippen LogP contribution in [0.25, 0.3) is 11.4 Å². The van der Waals surface area contributed by atoms with Gasteiger partial charge in [-0.3, -0.25) is 4.57 Å². The summed E-state index contributed by atoms with van der Waals surface area (Å²) in [5.41, 5.74) is 1.99. The van der Waals surface area contributed by atoms with Crippen LogP contribution in [0.1, 0.15) is 33.6 Å². The van der Waals surface area contributed by atoms with Gasteiger partial charge in [0.1, 0.15) is 0 Å². The Morgan fingerprint density at radius 2 is 1.93 bits per heavy atom. The number of H-pyrrole nitrogens is 1. The first-order chi connectivity index (χ1) is 13.1. The summed E-state index contributed by atoms with van der Waals surface area (Å²) in [4.78, 5) is 14.0. The first-order valence-corrected chi connectivity index (χ1v) is 13.1. The van der Waals surface area contributed by atoms with Crippen molar-refractivity contribution in [1.29, 1.82) is 0 Å². The number of aromatic amines is 1. The molecule has 0 radical (unpaired) electrons. The van der Waals surface area contributed by atoms with E-state index in [1.807, 2.05) is 12.1 Å². The fraction of sp³-hybridized carbons (Fsp3) is 0.619. The lowest BCUT2D eigenvalue weighted by molar-refractivity contribution is 0.260. The molecule has 6 nitrogen and oxygen atoms in total. The van der Waals surface area contributed by atoms with Crippen molar-refractivity contribution in [2.45, 2.75) is 51.7 Å². The highest BCUT2D eigenvalue weighted by molar-refractivity contribution is 6.74. The minimum atomic E-state index is -1.65. The van der Waals surface area contributed by atoms with E-state index in [4.69, 9.17) is 4.43 Å². The van der Waals surface area contributed by atoms with Gasteiger partial charge in [0.15, 0.2) is 14.1 Å². The van der Waals surface area contributed by atoms with Gasteiger partial charge in [-0.2, -0.15) is 5.10 Å². The van der Waals surface area contributed by atoms with Gasteiger partial charge in [0, 0.05) is 38.0 Å². The average Bonchev–Trinajstić information content (AvgIpc) is 3.22. The summed E-state index contributed by atoms with van der Waals surface area (Å²) in [5.74, 6) is 1.36. The summed E-state index contributed by atoms with van der Waals surface area (Å²) in [6, 6.07) is 8.34. The Hall–Kier alpha value is -1.86. The standard InChI is InChI=1S/C21H34N4O2Si/c1-21(2,3)28(5,6)27-14-12-16-11-13-25(15-16)18-9-7-17(8-10-18)19-22-23-20(26)24(19)4/h7-10,16H,11-15H2,1-6H3,(H,23,26). The number of aromatic nitrogens is 3. The Kier molecular flexibility index (Phi) is 5.86. The second-order valence-electron chi connectivity index (χ2n) is 9.46. The van der Waals surface area contributed by atoms with Crippen molar-refractivity contribution in [3.05, 3.63) is 34.7 Å². The van der Waals surface area contributed by atoms with E-state index >= 15 is 0 Å². The van der Waals surface area contributed by atoms with Crippen LogP contribution in [-0.4, -0.2) is 42.8 Å². The molecule has 28 heavy (non-hydrogen) atoms. The number of hydrogen-bond donors (Lipinski definition) is 1. The molecule has 154 valence electrons. The number of benzene rings is 1. The van der Waals surface area contributed by atoms with Crippen molar-refractivity contribution in [2.75, 3.05) is 24.6 Å². The lowest BCUT2D eigenvalue weighted by Crippen LogP contribution is -2.41. The third-order valence-corrected chi connectivity index (χ3v) is 11.0. The molecule has 0 spiro atoms. The number of hydrogen-bond acceptors (Lipinski definition) is 4. The Balaban J connectivity index is 1.54. The van der Waals surface area contributed by atoms with Gasteiger partial charge in [-0.25, -0.2) is 9.89 Å². The summed E-state index contributed by atoms with van der Waals surface area (Å²) < 4.78 is 7.89. The Morgan fingerprint density at radius 3 is 2.50 bits per heavy atom. The van der Waals surface area contributed by atoms with Crippen LogP contribution < -0.4 is 10.6 Å². The summed E-state index contributed by atoms with van der Waals surface area (Å²) in [7, 11) is 0.0826. The van der Waals surface area contributed by atoms with E-state index in [0.29, 0.717) is 11.7 Å². The molecule has 1 unspecified atom stereocenters. The zero-order valence-electron chi connectivity index (χ0n) is 18.1. The molecule has 1 aromatic carbocycles. The normalized spacial score (nSPS) is 18.1. The van der Waals surface area contributed by atoms with Gasteiger partial charge < -0.3 is 9.33 Å². The quantitative estimate of drug-likeness (QED) is 0.742. The zero-order valence-corrected chi connectivity index (χ0v) is 19.1. The summed E-state index contributed by atoms with van der Waals surface area (Å²) >= 11 is 0. The monoisotopic (exact) mass is 402 g/mol. The molecule has 7 heteroatoms. The second kappa shape index (κ2) is 7.87. The maximum absolute atomic E-state index is 11.6. The Labute approximate surface area is 169 Å². The molecule has 2 aromatic rings. The first kappa shape index (κ1) is 20.9. The van der Waals surface area contributed by atoms with E-state index < -0.39 is 8.32 Å². The van der Waals surface area contributed by atoms with Gasteiger partial charge in [-0.05, 0) is 61.2 Å². The fourth-order valence-corrected chi connectivity index (χ4v) is 4.49. The van der Waals surface area contributed by atoms with E-state index in [0.717, 1.165) is 31.7 Å². The Morgan fingerprint density at radius 1 is 1.25 bits per heavy atom. The smallest absolute Gasteiger partial charge is 0.343 e. The Bertz CT molecular complexity index is 849. The van der Waals surface area contributed by atoms with Crippen LogP contribution in [0.3, 0.4) is 0 Å². The summed E-state index contributed by atoms with van der Waals surface area (Å²) in [6.07, 6.45) is 2.35. The molecule has 2 heterocycles. The molecule has 1 N–H and O–H groups in total. The van der Waals surface area contributed by atoms with E-state index in [-0.39, 0.29) is 10.7 Å². The molecular formula is C21H34N4O2Si. The number of rotatable bonds is 6. The van der Waals surface area contributed by atoms with Gasteiger partial charge in [-0.1, -0.05) is 20.8 Å². The highest BCUT2D eigenvalue weighted by Gasteiger charge is 2.37. The maximum atomic E-state index is 11.6. The van der Waals surface area contributed by atoms with Crippen molar-refractivity contribution in [3.63, 3.8) is 0 Å². The molecule has 3 rings (SSSR count). The summed E-state index contributed by atoms with van der Waals surface area (Å²) in [5, 5.41) is 6.86. The molecule has 1 aromatic heterocycles. The third kappa shape index (κ3) is 4.41. The van der Waals surface area contributed by atoms with E-state index in [2.05, 4.69) is 61.1 Å². The molecule has 1 aliphatic rings. The molecular weight excluding hydrogens is 368 g/mol. The van der Waals surface area contributed by atoms with E-state index in [1.54, 1.807) is 7.05 Å². The highest BCUT2D eigenvalue weighted by Crippen LogP contribution is 2.37. The molecule has 0 amide bonds. The number of nitrogens with zero attached hydrogens (tertiary/aromatic N) is 3. The van der Waals surface area contributed by atoms with Crippen LogP contribution in [0.4, 0.5) is 5.69 Å². The molecule has 1 atom stereocenters. The van der Waals surface area contributed by atoms with E-state index in [1.165, 1.54) is 16.7 Å². The van der Waals surface area contributed by atoms with Crippen LogP contribution in [-0.2, 0) is 11.5 Å². The largest absolute Gasteiger partial charge is 0.417 e. The SMILES string of the molecule is Cn1c(-c2ccc(N3CCC(CCO[Si](C)(C)C(C)(C)C)C3)cc2)n[nH]c1=O. The van der Waals surface area contributed by atoms with Crippen LogP contribution in [0.2, 0.25) is 18.1 Å². The fourth-order valence-electron chi connectivity index (χ4n) is 3.43. The van der Waals surface area contributed by atoms with Gasteiger partial charge in [0.25, 0.3) is 0 Å². The summed E-state index contributed by atoms with van der Waals surface area (Å²) in [6.45, 7) is 14.6. The van der Waals surface area contributed by atoms with Crippen molar-refractivity contribution >= 4 is 14.0 Å². The lowest BCUT2D eigenvalue weighted by Gasteiger charge is -2.36. The first-order valence-electron chi connectivity index (χ1n) is 10.2. The maximum Gasteiger partial charge on any atom is 0.343 e. The van der Waals surface area contributed by atoms with Gasteiger partial charge in [0.05, 0.1) is 0 Å². The predicted octanol–water partition coefficient (Wildman–Crippen LogP) is 4.01. The molecule has 0 bridgehead atoms. The van der Waals surface area contributed by atoms with Crippen LogP contribution in [0.5, 0.6) is 0 Å². The minimum absolute atomic E-state index is 0.193. The van der Waals surface area contributed by atoms with Crippen LogP contribution in [0, 0.1) is 5.92 Å². The van der Waals surface area contributed by atoms with Crippen molar-refractivity contribution in [1.82, 2.24) is 14.8 Å². The van der Waals surface area contributed by atoms with Crippen molar-refractivity contribution in [3.8, 4) is 11.4 Å². The molecule has 1 fully saturated rings. The molecule has 1 saturated heterocycles. The van der Waals surface area contributed by atoms with E-state index in [9.17, 15) is 4.79 Å². The molecule has 0 aliphatic carbocycles. The second-order valence-corrected chi connectivity index (χ2v) is 14.3. The van der Waals surface area contributed by atoms with Gasteiger partial charge >= 0.3 is 5.69 Å². The molecule has 0 saturated carbocycles. The average molecular weight is 403 g/mol. The van der Waals surface area contributed by atoms with Gasteiger partial charge in [-0.15, -0.1) is 0 Å². The third-order valence-electron chi connectivity index (χ3n) is 6.45. The van der Waals surface area contributed by atoms with Crippen molar-refractivity contribution in [2.24, 2.45) is 13.0 Å². The zero-order chi connectivity index (χ0) is 20.5. The lowest BCUT2D eigenvalue weighted by atomic mass is 10.1. The van der Waals surface area contributed by atoms with Gasteiger partial charge in [0.2, 0.25) is 0 Å². The molecule has 1 aliphatic heterocycles. The van der Waals surface area contributed by atoms with Crippen molar-refractivity contribution < 1.29 is 4.43 Å². The van der Waals surface area contributed by atoms with Crippen LogP contribution >= 0.6 is 0 Å².